The highest BCUT2D eigenvalue weighted by Crippen LogP contribution is 2.30. The second-order valence-electron chi connectivity index (χ2n) is 5.49. The lowest BCUT2D eigenvalue weighted by Crippen LogP contribution is -2.18. The van der Waals surface area contributed by atoms with Crippen LogP contribution in [0.25, 0.3) is 0 Å². The maximum atomic E-state index is 5.80. The van der Waals surface area contributed by atoms with Crippen LogP contribution in [0.3, 0.4) is 0 Å². The fourth-order valence-corrected chi connectivity index (χ4v) is 3.13. The van der Waals surface area contributed by atoms with Gasteiger partial charge in [-0.15, -0.1) is 0 Å². The predicted molar refractivity (Wildman–Crippen MR) is 92.0 cm³/mol. The van der Waals surface area contributed by atoms with E-state index in [4.69, 9.17) is 4.74 Å². The van der Waals surface area contributed by atoms with Gasteiger partial charge in [-0.1, -0.05) is 40.2 Å². The number of hydrogen-bond acceptors (Lipinski definition) is 2. The fourth-order valence-electron chi connectivity index (χ4n) is 2.41. The third-order valence-electron chi connectivity index (χ3n) is 3.32. The minimum atomic E-state index is 0.135. The Balaban J connectivity index is 2.37. The smallest absolute Gasteiger partial charge is 0.120 e. The monoisotopic (exact) mass is 347 g/mol. The summed E-state index contributed by atoms with van der Waals surface area (Å²) < 4.78 is 6.92. The van der Waals surface area contributed by atoms with Crippen LogP contribution in [0, 0.1) is 6.92 Å². The predicted octanol–water partition coefficient (Wildman–Crippen LogP) is 4.85. The molecule has 0 amide bonds. The normalized spacial score (nSPS) is 12.5. The zero-order chi connectivity index (χ0) is 15.4. The van der Waals surface area contributed by atoms with E-state index >= 15 is 0 Å². The Morgan fingerprint density at radius 2 is 1.86 bits per heavy atom. The molecule has 0 aliphatic carbocycles. The number of rotatable bonds is 5. The standard InChI is InChI=1S/C18H22BrNO/c1-12(2)21-15-7-5-6-14(11-15)18(20-4)16-9-8-13(3)10-17(16)19/h5-12,18,20H,1-4H3. The van der Waals surface area contributed by atoms with Crippen molar-refractivity contribution in [1.82, 2.24) is 5.32 Å². The molecule has 0 spiro atoms. The SMILES string of the molecule is CNC(c1cccc(OC(C)C)c1)c1ccc(C)cc1Br. The molecule has 0 saturated carbocycles. The van der Waals surface area contributed by atoms with Gasteiger partial charge >= 0.3 is 0 Å². The van der Waals surface area contributed by atoms with Crippen molar-refractivity contribution < 1.29 is 4.74 Å². The average Bonchev–Trinajstić information content (AvgIpc) is 2.41. The van der Waals surface area contributed by atoms with Crippen LogP contribution in [0.5, 0.6) is 5.75 Å². The van der Waals surface area contributed by atoms with Gasteiger partial charge in [0.15, 0.2) is 0 Å². The summed E-state index contributed by atoms with van der Waals surface area (Å²) in [6.07, 6.45) is 0.180. The maximum absolute atomic E-state index is 5.80. The molecular formula is C18H22BrNO. The molecule has 2 aromatic rings. The van der Waals surface area contributed by atoms with Gasteiger partial charge in [-0.3, -0.25) is 0 Å². The number of hydrogen-bond donors (Lipinski definition) is 1. The minimum Gasteiger partial charge on any atom is -0.491 e. The van der Waals surface area contributed by atoms with E-state index < -0.39 is 0 Å². The summed E-state index contributed by atoms with van der Waals surface area (Å²) in [6.45, 7) is 6.18. The largest absolute Gasteiger partial charge is 0.491 e. The average molecular weight is 348 g/mol. The van der Waals surface area contributed by atoms with Gasteiger partial charge in [0.2, 0.25) is 0 Å². The van der Waals surface area contributed by atoms with Crippen molar-refractivity contribution in [3.8, 4) is 5.75 Å². The van der Waals surface area contributed by atoms with Crippen molar-refractivity contribution in [3.63, 3.8) is 0 Å². The van der Waals surface area contributed by atoms with Crippen LogP contribution in [0.1, 0.15) is 36.6 Å². The van der Waals surface area contributed by atoms with Crippen LogP contribution in [0.15, 0.2) is 46.9 Å². The molecule has 0 bridgehead atoms. The van der Waals surface area contributed by atoms with Crippen molar-refractivity contribution in [1.29, 1.82) is 0 Å². The Kier molecular flexibility index (Phi) is 5.43. The molecule has 0 aliphatic heterocycles. The van der Waals surface area contributed by atoms with E-state index in [0.29, 0.717) is 0 Å². The summed E-state index contributed by atoms with van der Waals surface area (Å²) in [4.78, 5) is 0. The Morgan fingerprint density at radius 1 is 1.10 bits per heavy atom. The van der Waals surface area contributed by atoms with Crippen molar-refractivity contribution in [2.24, 2.45) is 0 Å². The molecule has 112 valence electrons. The summed E-state index contributed by atoms with van der Waals surface area (Å²) in [5.74, 6) is 0.908. The summed E-state index contributed by atoms with van der Waals surface area (Å²) >= 11 is 3.67. The Bertz CT molecular complexity index is 610. The first kappa shape index (κ1) is 16.1. The molecule has 0 aromatic heterocycles. The van der Waals surface area contributed by atoms with E-state index in [1.165, 1.54) is 16.7 Å². The number of nitrogens with one attached hydrogen (secondary N) is 1. The van der Waals surface area contributed by atoms with Gasteiger partial charge in [0.25, 0.3) is 0 Å². The molecule has 0 fully saturated rings. The van der Waals surface area contributed by atoms with Crippen LogP contribution in [0.4, 0.5) is 0 Å². The zero-order valence-corrected chi connectivity index (χ0v) is 14.6. The topological polar surface area (TPSA) is 21.3 Å². The van der Waals surface area contributed by atoms with E-state index in [0.717, 1.165) is 10.2 Å². The van der Waals surface area contributed by atoms with E-state index in [9.17, 15) is 0 Å². The molecule has 0 radical (unpaired) electrons. The Morgan fingerprint density at radius 3 is 2.48 bits per heavy atom. The van der Waals surface area contributed by atoms with Crippen LogP contribution in [0.2, 0.25) is 0 Å². The maximum Gasteiger partial charge on any atom is 0.120 e. The quantitative estimate of drug-likeness (QED) is 0.834. The lowest BCUT2D eigenvalue weighted by molar-refractivity contribution is 0.242. The van der Waals surface area contributed by atoms with Crippen molar-refractivity contribution in [2.75, 3.05) is 7.05 Å². The molecule has 21 heavy (non-hydrogen) atoms. The van der Waals surface area contributed by atoms with E-state index in [1.807, 2.05) is 33.0 Å². The summed E-state index contributed by atoms with van der Waals surface area (Å²) in [5, 5.41) is 3.39. The van der Waals surface area contributed by atoms with Gasteiger partial charge < -0.3 is 10.1 Å². The second kappa shape index (κ2) is 7.10. The molecule has 2 nitrogen and oxygen atoms in total. The first-order valence-electron chi connectivity index (χ1n) is 7.21. The van der Waals surface area contributed by atoms with Crippen molar-refractivity contribution in [2.45, 2.75) is 32.9 Å². The lowest BCUT2D eigenvalue weighted by atomic mass is 9.98. The third kappa shape index (κ3) is 4.08. The number of benzene rings is 2. The molecule has 1 N–H and O–H groups in total. The highest BCUT2D eigenvalue weighted by atomic mass is 79.9. The molecule has 1 unspecified atom stereocenters. The molecule has 3 heteroatoms. The van der Waals surface area contributed by atoms with Gasteiger partial charge in [-0.2, -0.15) is 0 Å². The van der Waals surface area contributed by atoms with Crippen molar-refractivity contribution in [3.05, 3.63) is 63.6 Å². The third-order valence-corrected chi connectivity index (χ3v) is 4.01. The lowest BCUT2D eigenvalue weighted by Gasteiger charge is -2.20. The zero-order valence-electron chi connectivity index (χ0n) is 13.0. The number of ether oxygens (including phenoxy) is 1. The first-order chi connectivity index (χ1) is 10.0. The number of halogens is 1. The highest BCUT2D eigenvalue weighted by molar-refractivity contribution is 9.10. The van der Waals surface area contributed by atoms with Crippen LogP contribution >= 0.6 is 15.9 Å². The Labute approximate surface area is 135 Å². The minimum absolute atomic E-state index is 0.135. The Hall–Kier alpha value is -1.32. The molecule has 2 rings (SSSR count). The fraction of sp³-hybridized carbons (Fsp3) is 0.333. The molecule has 0 aliphatic rings. The van der Waals surface area contributed by atoms with Gasteiger partial charge in [0, 0.05) is 4.47 Å². The first-order valence-corrected chi connectivity index (χ1v) is 8.00. The van der Waals surface area contributed by atoms with E-state index in [2.05, 4.69) is 58.5 Å². The van der Waals surface area contributed by atoms with E-state index in [-0.39, 0.29) is 12.1 Å². The van der Waals surface area contributed by atoms with Crippen LogP contribution < -0.4 is 10.1 Å². The van der Waals surface area contributed by atoms with E-state index in [1.54, 1.807) is 0 Å². The summed E-state index contributed by atoms with van der Waals surface area (Å²) in [5.41, 5.74) is 3.67. The van der Waals surface area contributed by atoms with Gasteiger partial charge in [-0.05, 0) is 62.7 Å². The summed E-state index contributed by atoms with van der Waals surface area (Å²) in [6, 6.07) is 14.9. The molecule has 2 aromatic carbocycles. The van der Waals surface area contributed by atoms with Gasteiger partial charge in [0.05, 0.1) is 12.1 Å². The van der Waals surface area contributed by atoms with Gasteiger partial charge in [0.1, 0.15) is 5.75 Å². The highest BCUT2D eigenvalue weighted by Gasteiger charge is 2.15. The van der Waals surface area contributed by atoms with Crippen molar-refractivity contribution >= 4 is 15.9 Å². The number of aryl methyl sites for hydroxylation is 1. The molecule has 1 atom stereocenters. The van der Waals surface area contributed by atoms with Crippen LogP contribution in [-0.2, 0) is 0 Å². The molecule has 0 heterocycles. The molecule has 0 saturated heterocycles. The summed E-state index contributed by atoms with van der Waals surface area (Å²) in [7, 11) is 1.98. The van der Waals surface area contributed by atoms with Gasteiger partial charge in [-0.25, -0.2) is 0 Å². The van der Waals surface area contributed by atoms with Crippen LogP contribution in [-0.4, -0.2) is 13.2 Å². The molecular weight excluding hydrogens is 326 g/mol. The second-order valence-corrected chi connectivity index (χ2v) is 6.34.